The molecule has 5 rings (SSSR count). The van der Waals surface area contributed by atoms with Crippen molar-refractivity contribution < 1.29 is 28.9 Å². The number of nitrogens with zero attached hydrogens (tertiary/aromatic N) is 2. The molecule has 4 aromatic rings. The maximum atomic E-state index is 14.6. The van der Waals surface area contributed by atoms with Crippen LogP contribution in [0.1, 0.15) is 53.7 Å². The maximum absolute atomic E-state index is 14.6. The van der Waals surface area contributed by atoms with Crippen LogP contribution in [0.5, 0.6) is 11.5 Å². The van der Waals surface area contributed by atoms with Gasteiger partial charge in [-0.2, -0.15) is 5.26 Å². The number of rotatable bonds is 12. The maximum Gasteiger partial charge on any atom is 0.305 e. The van der Waals surface area contributed by atoms with Gasteiger partial charge < -0.3 is 25.0 Å². The number of ether oxygens (including phenoxy) is 2. The van der Waals surface area contributed by atoms with E-state index in [1.807, 2.05) is 24.3 Å². The zero-order valence-electron chi connectivity index (χ0n) is 24.0. The minimum Gasteiger partial charge on any atom is -0.488 e. The number of fused-ring (bicyclic) bond motifs is 1. The van der Waals surface area contributed by atoms with E-state index >= 15 is 0 Å². The summed E-state index contributed by atoms with van der Waals surface area (Å²) in [5.41, 5.74) is 5.08. The molecule has 1 aliphatic rings. The standard InChI is InChI=1S/C34H31ClFN3O5/c1-20(40)30(13-34(41)42)39-18-23-12-28(35)33(14-32(23)43-19-22-11-21(15-37)16-38-17-22)44-31-10-9-25-24(6-4-7-27(25)31)26-5-2-3-8-29(26)36/h2-8,11-12,14,16-17,20,30-31,39-40H,9-10,13,18-19H2,1H3,(H,41,42)/t20-,30-,31+/m1/s1. The lowest BCUT2D eigenvalue weighted by molar-refractivity contribution is -0.138. The fourth-order valence-corrected chi connectivity index (χ4v) is 5.62. The Balaban J connectivity index is 1.43. The monoisotopic (exact) mass is 615 g/mol. The summed E-state index contributed by atoms with van der Waals surface area (Å²) in [6.07, 6.45) is 2.94. The number of carbonyl (C=O) groups is 1. The van der Waals surface area contributed by atoms with Crippen molar-refractivity contribution in [2.45, 2.75) is 57.6 Å². The first kappa shape index (κ1) is 31.0. The second kappa shape index (κ2) is 13.9. The fourth-order valence-electron chi connectivity index (χ4n) is 5.39. The predicted molar refractivity (Wildman–Crippen MR) is 163 cm³/mol. The summed E-state index contributed by atoms with van der Waals surface area (Å²) in [5.74, 6) is -0.504. The van der Waals surface area contributed by atoms with Crippen LogP contribution in [0.2, 0.25) is 5.02 Å². The first-order valence-electron chi connectivity index (χ1n) is 14.2. The molecule has 3 N–H and O–H groups in total. The van der Waals surface area contributed by atoms with Crippen LogP contribution in [0.3, 0.4) is 0 Å². The van der Waals surface area contributed by atoms with E-state index in [0.717, 1.165) is 16.7 Å². The van der Waals surface area contributed by atoms with E-state index in [0.29, 0.717) is 51.6 Å². The van der Waals surface area contributed by atoms with Crippen molar-refractivity contribution in [2.24, 2.45) is 0 Å². The Kier molecular flexibility index (Phi) is 9.75. The Morgan fingerprint density at radius 1 is 1.16 bits per heavy atom. The summed E-state index contributed by atoms with van der Waals surface area (Å²) in [6, 6.07) is 18.9. The third-order valence-electron chi connectivity index (χ3n) is 7.61. The molecule has 3 aromatic carbocycles. The van der Waals surface area contributed by atoms with Gasteiger partial charge >= 0.3 is 5.97 Å². The third kappa shape index (κ3) is 7.17. The molecule has 44 heavy (non-hydrogen) atoms. The second-order valence-corrected chi connectivity index (χ2v) is 11.1. The van der Waals surface area contributed by atoms with Crippen LogP contribution in [0.4, 0.5) is 4.39 Å². The summed E-state index contributed by atoms with van der Waals surface area (Å²) in [7, 11) is 0. The van der Waals surface area contributed by atoms with Crippen molar-refractivity contribution >= 4 is 17.6 Å². The van der Waals surface area contributed by atoms with Gasteiger partial charge in [0.15, 0.2) is 0 Å². The molecule has 0 radical (unpaired) electrons. The summed E-state index contributed by atoms with van der Waals surface area (Å²) >= 11 is 6.73. The van der Waals surface area contributed by atoms with Gasteiger partial charge in [-0.25, -0.2) is 4.39 Å². The number of hydrogen-bond acceptors (Lipinski definition) is 7. The number of halogens is 2. The van der Waals surface area contributed by atoms with Gasteiger partial charge in [0.25, 0.3) is 0 Å². The van der Waals surface area contributed by atoms with Gasteiger partial charge in [0.05, 0.1) is 23.1 Å². The molecule has 3 atom stereocenters. The van der Waals surface area contributed by atoms with Gasteiger partial charge in [-0.15, -0.1) is 0 Å². The Morgan fingerprint density at radius 3 is 2.70 bits per heavy atom. The summed E-state index contributed by atoms with van der Waals surface area (Å²) in [6.45, 7) is 1.78. The molecular formula is C34H31ClFN3O5. The molecule has 0 saturated heterocycles. The number of carboxylic acid groups (broad SMARTS) is 1. The number of aromatic nitrogens is 1. The van der Waals surface area contributed by atoms with E-state index in [2.05, 4.69) is 16.4 Å². The first-order chi connectivity index (χ1) is 21.2. The van der Waals surface area contributed by atoms with Crippen LogP contribution in [0.15, 0.2) is 73.1 Å². The predicted octanol–water partition coefficient (Wildman–Crippen LogP) is 6.37. The lowest BCUT2D eigenvalue weighted by Crippen LogP contribution is -2.39. The van der Waals surface area contributed by atoms with Gasteiger partial charge in [0, 0.05) is 47.7 Å². The van der Waals surface area contributed by atoms with Crippen LogP contribution < -0.4 is 14.8 Å². The number of aliphatic carboxylic acids is 1. The largest absolute Gasteiger partial charge is 0.488 e. The number of benzene rings is 3. The fraction of sp³-hybridized carbons (Fsp3) is 0.265. The molecular weight excluding hydrogens is 585 g/mol. The van der Waals surface area contributed by atoms with Crippen molar-refractivity contribution in [1.29, 1.82) is 5.26 Å². The third-order valence-corrected chi connectivity index (χ3v) is 7.91. The van der Waals surface area contributed by atoms with Crippen LogP contribution in [-0.2, 0) is 24.4 Å². The Hall–Kier alpha value is -4.49. The molecule has 1 heterocycles. The zero-order valence-corrected chi connectivity index (χ0v) is 24.7. The quantitative estimate of drug-likeness (QED) is 0.168. The molecule has 1 aliphatic carbocycles. The molecule has 226 valence electrons. The summed E-state index contributed by atoms with van der Waals surface area (Å²) < 4.78 is 27.3. The molecule has 0 bridgehead atoms. The van der Waals surface area contributed by atoms with Crippen molar-refractivity contribution in [3.05, 3.63) is 112 Å². The topological polar surface area (TPSA) is 125 Å². The van der Waals surface area contributed by atoms with E-state index in [9.17, 15) is 24.7 Å². The Morgan fingerprint density at radius 2 is 1.95 bits per heavy atom. The van der Waals surface area contributed by atoms with Crippen LogP contribution in [-0.4, -0.2) is 33.3 Å². The van der Waals surface area contributed by atoms with E-state index in [1.165, 1.54) is 19.2 Å². The van der Waals surface area contributed by atoms with Crippen LogP contribution >= 0.6 is 11.6 Å². The van der Waals surface area contributed by atoms with Crippen molar-refractivity contribution in [1.82, 2.24) is 10.3 Å². The minimum atomic E-state index is -1.04. The van der Waals surface area contributed by atoms with Crippen molar-refractivity contribution in [3.8, 4) is 28.7 Å². The summed E-state index contributed by atoms with van der Waals surface area (Å²) in [5, 5.41) is 32.0. The number of nitrogens with one attached hydrogen (secondary N) is 1. The summed E-state index contributed by atoms with van der Waals surface area (Å²) in [4.78, 5) is 15.4. The van der Waals surface area contributed by atoms with E-state index in [4.69, 9.17) is 21.1 Å². The normalized spacial score (nSPS) is 15.2. The molecule has 0 aliphatic heterocycles. The average Bonchev–Trinajstić information content (AvgIpc) is 3.42. The second-order valence-electron chi connectivity index (χ2n) is 10.7. The van der Waals surface area contributed by atoms with Crippen LogP contribution in [0, 0.1) is 17.1 Å². The molecule has 0 spiro atoms. The van der Waals surface area contributed by atoms with Gasteiger partial charge in [-0.3, -0.25) is 9.78 Å². The highest BCUT2D eigenvalue weighted by atomic mass is 35.5. The molecule has 0 unspecified atom stereocenters. The number of aliphatic hydroxyl groups is 1. The van der Waals surface area contributed by atoms with Crippen molar-refractivity contribution in [2.75, 3.05) is 0 Å². The van der Waals surface area contributed by atoms with Gasteiger partial charge in [0.2, 0.25) is 0 Å². The van der Waals surface area contributed by atoms with Crippen LogP contribution in [0.25, 0.3) is 11.1 Å². The molecule has 0 fully saturated rings. The Bertz CT molecular complexity index is 1710. The highest BCUT2D eigenvalue weighted by Crippen LogP contribution is 2.43. The highest BCUT2D eigenvalue weighted by molar-refractivity contribution is 6.32. The van der Waals surface area contributed by atoms with Gasteiger partial charge in [-0.1, -0.05) is 48.0 Å². The number of pyridine rings is 1. The van der Waals surface area contributed by atoms with E-state index in [-0.39, 0.29) is 31.5 Å². The number of carboxylic acids is 1. The average molecular weight is 616 g/mol. The molecule has 1 aromatic heterocycles. The first-order valence-corrected chi connectivity index (χ1v) is 14.6. The minimum absolute atomic E-state index is 0.101. The number of aliphatic hydroxyl groups excluding tert-OH is 1. The van der Waals surface area contributed by atoms with Crippen molar-refractivity contribution in [3.63, 3.8) is 0 Å². The zero-order chi connectivity index (χ0) is 31.2. The smallest absolute Gasteiger partial charge is 0.305 e. The van der Waals surface area contributed by atoms with Gasteiger partial charge in [0.1, 0.15) is 36.1 Å². The lowest BCUT2D eigenvalue weighted by Gasteiger charge is -2.22. The lowest BCUT2D eigenvalue weighted by atomic mass is 9.96. The molecule has 0 amide bonds. The SMILES string of the molecule is C[C@@H](O)[C@@H](CC(=O)O)NCc1cc(Cl)c(O[C@H]2CCc3c(-c4ccccc4F)cccc32)cc1OCc1cncc(C#N)c1. The van der Waals surface area contributed by atoms with Gasteiger partial charge in [-0.05, 0) is 54.7 Å². The number of hydrogen-bond donors (Lipinski definition) is 3. The Labute approximate surface area is 259 Å². The molecule has 8 nitrogen and oxygen atoms in total. The van der Waals surface area contributed by atoms with E-state index in [1.54, 1.807) is 36.5 Å². The molecule has 10 heteroatoms. The van der Waals surface area contributed by atoms with E-state index < -0.39 is 18.1 Å². The number of nitriles is 1. The highest BCUT2D eigenvalue weighted by Gasteiger charge is 2.28. The molecule has 0 saturated carbocycles.